The summed E-state index contributed by atoms with van der Waals surface area (Å²) in [5.74, 6) is -0.698. The van der Waals surface area contributed by atoms with E-state index in [0.29, 0.717) is 11.8 Å². The monoisotopic (exact) mass is 926 g/mol. The number of nitrogens with one attached hydrogen (secondary N) is 2. The van der Waals surface area contributed by atoms with Crippen molar-refractivity contribution in [2.45, 2.75) is 91.9 Å². The van der Waals surface area contributed by atoms with Crippen LogP contribution in [0.5, 0.6) is 0 Å². The Morgan fingerprint density at radius 1 is 0.429 bits per heavy atom. The number of benzene rings is 4. The largest absolute Gasteiger partial charge is 0.478 e. The second kappa shape index (κ2) is 21.4. The van der Waals surface area contributed by atoms with E-state index in [1.807, 2.05) is 36.4 Å². The minimum atomic E-state index is -0.983. The molecule has 2 aliphatic rings. The molecule has 2 aliphatic heterocycles. The predicted octanol–water partition coefficient (Wildman–Crippen LogP) is 16.2. The molecule has 8 bridgehead atoms. The van der Waals surface area contributed by atoms with E-state index < -0.39 is 11.9 Å². The number of carboxylic acids is 2. The maximum absolute atomic E-state index is 12.0. The predicted molar refractivity (Wildman–Crippen MR) is 289 cm³/mol. The third-order valence-electron chi connectivity index (χ3n) is 14.2. The van der Waals surface area contributed by atoms with Gasteiger partial charge in [0.05, 0.1) is 33.9 Å². The number of unbranched alkanes of at least 4 members (excludes halogenated alkanes) is 2. The van der Waals surface area contributed by atoms with E-state index in [0.717, 1.165) is 115 Å². The van der Waals surface area contributed by atoms with Crippen molar-refractivity contribution in [1.82, 2.24) is 19.9 Å². The highest BCUT2D eigenvalue weighted by Gasteiger charge is 2.20. The van der Waals surface area contributed by atoms with Crippen molar-refractivity contribution in [3.8, 4) is 44.5 Å². The molecule has 2 atom stereocenters. The number of carboxylic acid groups (broad SMARTS) is 2. The van der Waals surface area contributed by atoms with Gasteiger partial charge in [-0.15, -0.1) is 0 Å². The fourth-order valence-corrected chi connectivity index (χ4v) is 10.1. The molecule has 0 aliphatic carbocycles. The summed E-state index contributed by atoms with van der Waals surface area (Å²) in [5.41, 5.74) is 16.6. The number of hydrogen-bond donors (Lipinski definition) is 4. The van der Waals surface area contributed by atoms with Crippen molar-refractivity contribution in [3.05, 3.63) is 166 Å². The molecule has 7 aromatic rings. The van der Waals surface area contributed by atoms with Crippen LogP contribution in [0.1, 0.15) is 134 Å². The lowest BCUT2D eigenvalue weighted by Gasteiger charge is -2.15. The second-order valence-electron chi connectivity index (χ2n) is 18.9. The molecule has 0 spiro atoms. The average Bonchev–Trinajstić information content (AvgIpc) is 4.24. The number of H-pyrrole nitrogens is 2. The van der Waals surface area contributed by atoms with Gasteiger partial charge in [0.15, 0.2) is 0 Å². The Kier molecular flexibility index (Phi) is 14.5. The summed E-state index contributed by atoms with van der Waals surface area (Å²) in [6.07, 6.45) is 19.9. The van der Waals surface area contributed by atoms with Gasteiger partial charge in [0.25, 0.3) is 0 Å². The molecule has 0 saturated carbocycles. The second-order valence-corrected chi connectivity index (χ2v) is 18.9. The van der Waals surface area contributed by atoms with Gasteiger partial charge in [-0.1, -0.05) is 152 Å². The van der Waals surface area contributed by atoms with Crippen molar-refractivity contribution in [3.63, 3.8) is 0 Å². The zero-order valence-corrected chi connectivity index (χ0v) is 40.7. The topological polar surface area (TPSA) is 132 Å². The molecule has 4 aromatic carbocycles. The number of aromatic carboxylic acids is 2. The molecule has 8 nitrogen and oxygen atoms in total. The SMILES string of the molecule is CCCCC(CC)Cc1ccc(-c2c3nc(c(-c4ccc(C(=O)O)cc4)c4ccc([nH]4)c(-c4ccc(CC(CC)CCCC)cc4)c4nc(c(-c5ccc(C(=O)O)cc5)c5ccc2[nH]5)C=C4)C=C3)cc1. The third kappa shape index (κ3) is 10.2. The molecule has 9 rings (SSSR count). The molecular formula is C62H62N4O4. The van der Waals surface area contributed by atoms with Gasteiger partial charge in [0.2, 0.25) is 0 Å². The first-order valence-electron chi connectivity index (χ1n) is 25.2. The summed E-state index contributed by atoms with van der Waals surface area (Å²) in [6.45, 7) is 9.08. The first-order chi connectivity index (χ1) is 34.1. The van der Waals surface area contributed by atoms with Crippen LogP contribution in [-0.4, -0.2) is 42.1 Å². The fraction of sp³-hybridized carbons (Fsp3) is 0.258. The van der Waals surface area contributed by atoms with Crippen LogP contribution in [0.2, 0.25) is 0 Å². The Morgan fingerprint density at radius 2 is 0.714 bits per heavy atom. The number of hydrogen-bond acceptors (Lipinski definition) is 4. The van der Waals surface area contributed by atoms with Gasteiger partial charge in [0, 0.05) is 44.3 Å². The fourth-order valence-electron chi connectivity index (χ4n) is 10.1. The van der Waals surface area contributed by atoms with Crippen molar-refractivity contribution in [2.75, 3.05) is 0 Å². The van der Waals surface area contributed by atoms with Crippen LogP contribution < -0.4 is 0 Å². The minimum Gasteiger partial charge on any atom is -0.478 e. The van der Waals surface area contributed by atoms with Crippen LogP contribution in [0.25, 0.3) is 90.9 Å². The van der Waals surface area contributed by atoms with Gasteiger partial charge in [0.1, 0.15) is 0 Å². The van der Waals surface area contributed by atoms with E-state index in [9.17, 15) is 19.8 Å². The van der Waals surface area contributed by atoms with E-state index in [-0.39, 0.29) is 11.1 Å². The third-order valence-corrected chi connectivity index (χ3v) is 14.2. The lowest BCUT2D eigenvalue weighted by Crippen LogP contribution is -2.03. The standard InChI is InChI=1S/C62H62N4O4/c1-5-9-11-39(7-3)37-41-13-17-43(18-14-41)57-49-29-33-53(63-49)59(45-21-25-47(26-22-45)61(67)68)55-35-31-51(65-55)58(44-19-15-42(16-20-44)38-40(8-4)12-10-6-2)52-32-36-56(66-52)60(54-34-30-50(57)64-54)46-23-27-48(28-24-46)62(69)70/h13-36,39-40,63,66H,5-12,37-38H2,1-4H3,(H,67,68)(H,69,70). The van der Waals surface area contributed by atoms with E-state index >= 15 is 0 Å². The molecule has 4 N–H and O–H groups in total. The summed E-state index contributed by atoms with van der Waals surface area (Å²) in [6, 6.07) is 40.2. The Morgan fingerprint density at radius 3 is 0.971 bits per heavy atom. The van der Waals surface area contributed by atoms with Gasteiger partial charge < -0.3 is 20.2 Å². The molecule has 2 unspecified atom stereocenters. The summed E-state index contributed by atoms with van der Waals surface area (Å²) < 4.78 is 0. The van der Waals surface area contributed by atoms with Crippen LogP contribution in [0.4, 0.5) is 0 Å². The Labute approximate surface area is 411 Å². The average molecular weight is 927 g/mol. The summed E-state index contributed by atoms with van der Waals surface area (Å²) in [7, 11) is 0. The molecule has 70 heavy (non-hydrogen) atoms. The van der Waals surface area contributed by atoms with Crippen LogP contribution >= 0.6 is 0 Å². The number of aromatic nitrogens is 4. The quantitative estimate of drug-likeness (QED) is 0.0678. The smallest absolute Gasteiger partial charge is 0.335 e. The van der Waals surface area contributed by atoms with E-state index in [1.54, 1.807) is 24.3 Å². The summed E-state index contributed by atoms with van der Waals surface area (Å²) in [4.78, 5) is 42.6. The highest BCUT2D eigenvalue weighted by atomic mass is 16.4. The molecule has 0 fully saturated rings. The molecular weight excluding hydrogens is 865 g/mol. The van der Waals surface area contributed by atoms with Crippen molar-refractivity contribution in [1.29, 1.82) is 0 Å². The minimum absolute atomic E-state index is 0.208. The van der Waals surface area contributed by atoms with Crippen LogP contribution in [0.3, 0.4) is 0 Å². The Bertz CT molecular complexity index is 3030. The first-order valence-corrected chi connectivity index (χ1v) is 25.2. The lowest BCUT2D eigenvalue weighted by molar-refractivity contribution is 0.0686. The number of rotatable bonds is 18. The van der Waals surface area contributed by atoms with Crippen LogP contribution in [0.15, 0.2) is 121 Å². The number of carbonyl (C=O) groups is 2. The van der Waals surface area contributed by atoms with E-state index in [1.165, 1.54) is 49.7 Å². The zero-order chi connectivity index (χ0) is 48.7. The van der Waals surface area contributed by atoms with Crippen LogP contribution in [0, 0.1) is 11.8 Å². The van der Waals surface area contributed by atoms with Gasteiger partial charge in [-0.3, -0.25) is 0 Å². The van der Waals surface area contributed by atoms with Crippen LogP contribution in [-0.2, 0) is 12.8 Å². The van der Waals surface area contributed by atoms with Crippen molar-refractivity contribution in [2.24, 2.45) is 11.8 Å². The highest BCUT2D eigenvalue weighted by molar-refractivity contribution is 6.00. The lowest BCUT2D eigenvalue weighted by atomic mass is 9.91. The van der Waals surface area contributed by atoms with E-state index in [2.05, 4.69) is 123 Å². The highest BCUT2D eigenvalue weighted by Crippen LogP contribution is 2.39. The molecule has 3 aromatic heterocycles. The van der Waals surface area contributed by atoms with Crippen molar-refractivity contribution >= 4 is 58.3 Å². The summed E-state index contributed by atoms with van der Waals surface area (Å²) in [5, 5.41) is 19.7. The van der Waals surface area contributed by atoms with Gasteiger partial charge in [-0.25, -0.2) is 19.6 Å². The molecule has 8 heteroatoms. The number of fused-ring (bicyclic) bond motifs is 8. The Hall–Kier alpha value is -7.58. The van der Waals surface area contributed by atoms with Gasteiger partial charge in [-0.2, -0.15) is 0 Å². The Balaban J connectivity index is 1.32. The zero-order valence-electron chi connectivity index (χ0n) is 40.7. The van der Waals surface area contributed by atoms with Gasteiger partial charge >= 0.3 is 11.9 Å². The number of aromatic amines is 2. The van der Waals surface area contributed by atoms with Crippen molar-refractivity contribution < 1.29 is 19.8 Å². The molecule has 5 heterocycles. The maximum atomic E-state index is 12.0. The molecule has 354 valence electrons. The molecule has 0 radical (unpaired) electrons. The summed E-state index contributed by atoms with van der Waals surface area (Å²) >= 11 is 0. The number of nitrogens with zero attached hydrogens (tertiary/aromatic N) is 2. The first kappa shape index (κ1) is 47.5. The van der Waals surface area contributed by atoms with Gasteiger partial charge in [-0.05, 0) is 131 Å². The normalized spacial score (nSPS) is 12.9. The molecule has 0 saturated heterocycles. The molecule has 0 amide bonds. The van der Waals surface area contributed by atoms with E-state index in [4.69, 9.17) is 9.97 Å². The maximum Gasteiger partial charge on any atom is 0.335 e.